The monoisotopic (exact) mass is 540 g/mol. The highest BCUT2D eigenvalue weighted by Gasteiger charge is 2.20. The van der Waals surface area contributed by atoms with Crippen LogP contribution in [0.5, 0.6) is 16.7 Å². The molecule has 0 spiro atoms. The van der Waals surface area contributed by atoms with Crippen molar-refractivity contribution in [2.24, 2.45) is 0 Å². The van der Waals surface area contributed by atoms with E-state index >= 15 is 0 Å². The minimum absolute atomic E-state index is 0.162. The van der Waals surface area contributed by atoms with Crippen molar-refractivity contribution in [2.75, 3.05) is 39.8 Å². The molecule has 8 heteroatoms. The number of carbonyl (C=O) groups excluding carboxylic acids is 1. The van der Waals surface area contributed by atoms with Crippen molar-refractivity contribution in [3.63, 3.8) is 0 Å². The highest BCUT2D eigenvalue weighted by Crippen LogP contribution is 2.25. The maximum Gasteiger partial charge on any atom is 0.298 e. The molecule has 200 valence electrons. The molecule has 39 heavy (non-hydrogen) atoms. The lowest BCUT2D eigenvalue weighted by Crippen LogP contribution is -2.49. The Hall–Kier alpha value is -4.01. The molecule has 1 fully saturated rings. The number of nitrogens with zero attached hydrogens (tertiary/aromatic N) is 4. The molecule has 0 atom stereocenters. The fourth-order valence-corrected chi connectivity index (χ4v) is 5.03. The second kappa shape index (κ2) is 13.2. The second-order valence-corrected chi connectivity index (χ2v) is 10.1. The van der Waals surface area contributed by atoms with Gasteiger partial charge in [0.1, 0.15) is 11.5 Å². The van der Waals surface area contributed by atoms with Crippen molar-refractivity contribution < 1.29 is 14.3 Å². The van der Waals surface area contributed by atoms with Gasteiger partial charge in [-0.25, -0.2) is 0 Å². The lowest BCUT2D eigenvalue weighted by molar-refractivity contribution is -0.132. The highest BCUT2D eigenvalue weighted by molar-refractivity contribution is 7.07. The number of piperazine rings is 1. The Morgan fingerprint density at radius 3 is 2.49 bits per heavy atom. The second-order valence-electron chi connectivity index (χ2n) is 9.42. The summed E-state index contributed by atoms with van der Waals surface area (Å²) in [6, 6.07) is 25.8. The van der Waals surface area contributed by atoms with Gasteiger partial charge >= 0.3 is 0 Å². The van der Waals surface area contributed by atoms with Gasteiger partial charge in [-0.2, -0.15) is 9.36 Å². The van der Waals surface area contributed by atoms with Crippen LogP contribution in [-0.4, -0.2) is 64.9 Å². The third kappa shape index (κ3) is 7.75. The van der Waals surface area contributed by atoms with Crippen molar-refractivity contribution in [1.82, 2.24) is 19.2 Å². The van der Waals surface area contributed by atoms with E-state index in [9.17, 15) is 4.79 Å². The van der Waals surface area contributed by atoms with Gasteiger partial charge in [0.15, 0.2) is 5.82 Å². The van der Waals surface area contributed by atoms with E-state index in [4.69, 9.17) is 9.47 Å². The number of ether oxygens (including phenoxy) is 2. The fraction of sp³-hybridized carbons (Fsp3) is 0.258. The first-order chi connectivity index (χ1) is 19.1. The first-order valence-electron chi connectivity index (χ1n) is 13.1. The number of amides is 1. The molecule has 7 nitrogen and oxygen atoms in total. The van der Waals surface area contributed by atoms with E-state index in [0.29, 0.717) is 29.6 Å². The van der Waals surface area contributed by atoms with Crippen LogP contribution < -0.4 is 9.47 Å². The SMILES string of the molecule is COc1cccc(Cc2nsc(Oc3ccc(CC(=O)N4CCN(CC=Cc5ccccc5)CC4)cc3)n2)c1. The Kier molecular flexibility index (Phi) is 8.98. The molecule has 1 aromatic heterocycles. The van der Waals surface area contributed by atoms with E-state index in [0.717, 1.165) is 49.6 Å². The minimum atomic E-state index is 0.162. The molecule has 0 N–H and O–H groups in total. The molecule has 0 unspecified atom stereocenters. The molecule has 2 heterocycles. The number of aromatic nitrogens is 2. The predicted octanol–water partition coefficient (Wildman–Crippen LogP) is 5.33. The van der Waals surface area contributed by atoms with Gasteiger partial charge in [0, 0.05) is 50.7 Å². The summed E-state index contributed by atoms with van der Waals surface area (Å²) in [6.45, 7) is 4.19. The summed E-state index contributed by atoms with van der Waals surface area (Å²) >= 11 is 1.23. The van der Waals surface area contributed by atoms with Gasteiger partial charge < -0.3 is 14.4 Å². The fourth-order valence-electron chi connectivity index (χ4n) is 4.46. The normalized spacial score (nSPS) is 14.0. The lowest BCUT2D eigenvalue weighted by Gasteiger charge is -2.34. The molecular weight excluding hydrogens is 508 g/mol. The van der Waals surface area contributed by atoms with Crippen LogP contribution >= 0.6 is 11.5 Å². The highest BCUT2D eigenvalue weighted by atomic mass is 32.1. The Bertz CT molecular complexity index is 1380. The van der Waals surface area contributed by atoms with E-state index in [-0.39, 0.29) is 5.91 Å². The molecule has 0 bridgehead atoms. The molecule has 5 rings (SSSR count). The Balaban J connectivity index is 1.06. The van der Waals surface area contributed by atoms with E-state index in [1.165, 1.54) is 17.1 Å². The number of hydrogen-bond donors (Lipinski definition) is 0. The molecule has 0 radical (unpaired) electrons. The van der Waals surface area contributed by atoms with E-state index in [1.54, 1.807) is 7.11 Å². The summed E-state index contributed by atoms with van der Waals surface area (Å²) in [6.07, 6.45) is 5.34. The summed E-state index contributed by atoms with van der Waals surface area (Å²) in [5.41, 5.74) is 3.26. The third-order valence-corrected chi connectivity index (χ3v) is 7.26. The standard InChI is InChI=1S/C31H32N4O3S/c1-37-28-11-5-9-26(21-28)22-29-32-31(39-33-29)38-27-14-12-25(13-15-27)23-30(36)35-19-17-34(18-20-35)16-6-10-24-7-3-2-4-8-24/h2-15,21H,16-20,22-23H2,1H3. The first-order valence-corrected chi connectivity index (χ1v) is 13.9. The topological polar surface area (TPSA) is 67.8 Å². The van der Waals surface area contributed by atoms with Crippen molar-refractivity contribution in [2.45, 2.75) is 12.8 Å². The Morgan fingerprint density at radius 2 is 1.72 bits per heavy atom. The molecule has 0 aliphatic carbocycles. The number of rotatable bonds is 10. The predicted molar refractivity (Wildman–Crippen MR) is 154 cm³/mol. The van der Waals surface area contributed by atoms with Gasteiger partial charge in [0.2, 0.25) is 5.91 Å². The molecule has 0 saturated carbocycles. The van der Waals surface area contributed by atoms with Crippen LogP contribution in [0.2, 0.25) is 0 Å². The van der Waals surface area contributed by atoms with Crippen molar-refractivity contribution in [1.29, 1.82) is 0 Å². The van der Waals surface area contributed by atoms with Crippen LogP contribution in [0.1, 0.15) is 22.5 Å². The first kappa shape index (κ1) is 26.6. The average Bonchev–Trinajstić information content (AvgIpc) is 3.41. The Labute approximate surface area is 233 Å². The molecule has 1 aliphatic heterocycles. The van der Waals surface area contributed by atoms with Crippen LogP contribution in [0.15, 0.2) is 84.9 Å². The molecular formula is C31H32N4O3S. The zero-order chi connectivity index (χ0) is 26.9. The van der Waals surface area contributed by atoms with Gasteiger partial charge in [-0.05, 0) is 41.0 Å². The van der Waals surface area contributed by atoms with Gasteiger partial charge in [0.05, 0.1) is 13.5 Å². The zero-order valence-corrected chi connectivity index (χ0v) is 22.8. The minimum Gasteiger partial charge on any atom is -0.497 e. The quantitative estimate of drug-likeness (QED) is 0.271. The molecule has 1 saturated heterocycles. The van der Waals surface area contributed by atoms with Gasteiger partial charge in [-0.3, -0.25) is 9.69 Å². The number of hydrogen-bond acceptors (Lipinski definition) is 7. The number of benzene rings is 3. The van der Waals surface area contributed by atoms with E-state index < -0.39 is 0 Å². The lowest BCUT2D eigenvalue weighted by atomic mass is 10.1. The van der Waals surface area contributed by atoms with Crippen LogP contribution in [-0.2, 0) is 17.6 Å². The van der Waals surface area contributed by atoms with Crippen molar-refractivity contribution in [3.8, 4) is 16.7 Å². The van der Waals surface area contributed by atoms with Gasteiger partial charge in [-0.1, -0.05) is 66.7 Å². The average molecular weight is 541 g/mol. The maximum absolute atomic E-state index is 12.9. The maximum atomic E-state index is 12.9. The molecule has 1 amide bonds. The zero-order valence-electron chi connectivity index (χ0n) is 22.0. The van der Waals surface area contributed by atoms with Gasteiger partial charge in [0.25, 0.3) is 5.19 Å². The van der Waals surface area contributed by atoms with Crippen LogP contribution in [0.3, 0.4) is 0 Å². The summed E-state index contributed by atoms with van der Waals surface area (Å²) in [5, 5.41) is 0.494. The number of carbonyl (C=O) groups is 1. The van der Waals surface area contributed by atoms with E-state index in [1.807, 2.05) is 71.6 Å². The summed E-state index contributed by atoms with van der Waals surface area (Å²) < 4.78 is 15.6. The number of methoxy groups -OCH3 is 1. The van der Waals surface area contributed by atoms with Crippen molar-refractivity contribution in [3.05, 3.63) is 107 Å². The van der Waals surface area contributed by atoms with Crippen molar-refractivity contribution >= 4 is 23.5 Å². The largest absolute Gasteiger partial charge is 0.497 e. The van der Waals surface area contributed by atoms with Crippen LogP contribution in [0.25, 0.3) is 6.08 Å². The summed E-state index contributed by atoms with van der Waals surface area (Å²) in [5.74, 6) is 2.35. The van der Waals surface area contributed by atoms with Crippen LogP contribution in [0.4, 0.5) is 0 Å². The van der Waals surface area contributed by atoms with Gasteiger partial charge in [-0.15, -0.1) is 0 Å². The third-order valence-electron chi connectivity index (χ3n) is 6.63. The van der Waals surface area contributed by atoms with Crippen LogP contribution in [0, 0.1) is 0 Å². The molecule has 3 aromatic carbocycles. The van der Waals surface area contributed by atoms with E-state index in [2.05, 4.69) is 38.5 Å². The Morgan fingerprint density at radius 1 is 0.923 bits per heavy atom. The summed E-state index contributed by atoms with van der Waals surface area (Å²) in [4.78, 5) is 21.7. The molecule has 4 aromatic rings. The molecule has 1 aliphatic rings. The summed E-state index contributed by atoms with van der Waals surface area (Å²) in [7, 11) is 1.65. The smallest absolute Gasteiger partial charge is 0.298 e.